The molecule has 0 atom stereocenters. The van der Waals surface area contributed by atoms with Crippen LogP contribution in [0, 0.1) is 0 Å². The van der Waals surface area contributed by atoms with Crippen LogP contribution in [0.4, 0.5) is 5.69 Å². The van der Waals surface area contributed by atoms with Crippen LogP contribution < -0.4 is 5.32 Å². The Morgan fingerprint density at radius 2 is 1.77 bits per heavy atom. The Balaban J connectivity index is 1.54. The maximum atomic E-state index is 12.3. The number of carbonyl (C=O) groups excluding carboxylic acids is 2. The van der Waals surface area contributed by atoms with E-state index in [1.54, 1.807) is 24.3 Å². The highest BCUT2D eigenvalue weighted by Gasteiger charge is 2.11. The summed E-state index contributed by atoms with van der Waals surface area (Å²) in [6.45, 7) is 6.63. The molecule has 0 fully saturated rings. The zero-order valence-electron chi connectivity index (χ0n) is 18.0. The van der Waals surface area contributed by atoms with Gasteiger partial charge in [0.05, 0.1) is 12.2 Å². The molecule has 3 rings (SSSR count). The molecule has 1 heterocycles. The van der Waals surface area contributed by atoms with E-state index in [1.165, 1.54) is 10.4 Å². The predicted octanol–water partition coefficient (Wildman–Crippen LogP) is 4.06. The Kier molecular flexibility index (Phi) is 7.48. The van der Waals surface area contributed by atoms with Crippen LogP contribution in [0.2, 0.25) is 0 Å². The summed E-state index contributed by atoms with van der Waals surface area (Å²) >= 11 is 0. The van der Waals surface area contributed by atoms with Crippen LogP contribution in [0.25, 0.3) is 11.4 Å². The van der Waals surface area contributed by atoms with Gasteiger partial charge in [0.2, 0.25) is 11.7 Å². The zero-order valence-corrected chi connectivity index (χ0v) is 18.0. The molecule has 8 heteroatoms. The first-order valence-corrected chi connectivity index (χ1v) is 10.4. The molecular formula is C23H27N5O3. The van der Waals surface area contributed by atoms with Gasteiger partial charge in [0.1, 0.15) is 6.54 Å². The molecule has 0 aliphatic rings. The molecule has 0 unspecified atom stereocenters. The van der Waals surface area contributed by atoms with Gasteiger partial charge in [-0.05, 0) is 47.4 Å². The number of unbranched alkanes of at least 4 members (excludes halogenated alkanes) is 1. The van der Waals surface area contributed by atoms with Crippen LogP contribution >= 0.6 is 0 Å². The van der Waals surface area contributed by atoms with E-state index in [0.29, 0.717) is 29.6 Å². The molecule has 0 saturated carbocycles. The number of tetrazole rings is 1. The van der Waals surface area contributed by atoms with Crippen molar-refractivity contribution >= 4 is 17.6 Å². The predicted molar refractivity (Wildman–Crippen MR) is 118 cm³/mol. The van der Waals surface area contributed by atoms with Crippen molar-refractivity contribution in [2.75, 3.05) is 11.9 Å². The Labute approximate surface area is 181 Å². The van der Waals surface area contributed by atoms with Crippen LogP contribution in [0.15, 0.2) is 48.5 Å². The highest BCUT2D eigenvalue weighted by molar-refractivity contribution is 5.92. The lowest BCUT2D eigenvalue weighted by molar-refractivity contribution is -0.117. The van der Waals surface area contributed by atoms with E-state index in [9.17, 15) is 9.59 Å². The second-order valence-electron chi connectivity index (χ2n) is 7.54. The molecule has 0 aliphatic heterocycles. The van der Waals surface area contributed by atoms with E-state index in [-0.39, 0.29) is 18.4 Å². The molecule has 0 radical (unpaired) electrons. The van der Waals surface area contributed by atoms with Gasteiger partial charge in [-0.2, -0.15) is 4.80 Å². The van der Waals surface area contributed by atoms with Gasteiger partial charge in [-0.1, -0.05) is 51.5 Å². The number of ether oxygens (including phenoxy) is 1. The molecule has 1 amide bonds. The number of esters is 1. The fourth-order valence-electron chi connectivity index (χ4n) is 2.85. The van der Waals surface area contributed by atoms with Gasteiger partial charge < -0.3 is 10.1 Å². The van der Waals surface area contributed by atoms with Crippen LogP contribution in [-0.2, 0) is 16.1 Å². The molecule has 1 aromatic heterocycles. The van der Waals surface area contributed by atoms with Crippen molar-refractivity contribution in [1.29, 1.82) is 0 Å². The van der Waals surface area contributed by atoms with E-state index in [2.05, 4.69) is 34.6 Å². The van der Waals surface area contributed by atoms with Crippen molar-refractivity contribution in [3.63, 3.8) is 0 Å². The summed E-state index contributed by atoms with van der Waals surface area (Å²) in [6, 6.07) is 14.5. The minimum absolute atomic E-state index is 0.0715. The number of benzene rings is 2. The summed E-state index contributed by atoms with van der Waals surface area (Å²) in [5.41, 5.74) is 3.09. The number of nitrogens with one attached hydrogen (secondary N) is 1. The molecule has 162 valence electrons. The van der Waals surface area contributed by atoms with Gasteiger partial charge in [0.15, 0.2) is 0 Å². The quantitative estimate of drug-likeness (QED) is 0.413. The van der Waals surface area contributed by atoms with Gasteiger partial charge in [0.25, 0.3) is 0 Å². The molecule has 0 bridgehead atoms. The molecule has 1 N–H and O–H groups in total. The fourth-order valence-corrected chi connectivity index (χ4v) is 2.85. The van der Waals surface area contributed by atoms with E-state index >= 15 is 0 Å². The topological polar surface area (TPSA) is 99.0 Å². The molecule has 0 saturated heterocycles. The lowest BCUT2D eigenvalue weighted by Gasteiger charge is -2.07. The van der Waals surface area contributed by atoms with Crippen LogP contribution in [-0.4, -0.2) is 38.7 Å². The molecule has 0 aliphatic carbocycles. The first-order valence-electron chi connectivity index (χ1n) is 10.4. The van der Waals surface area contributed by atoms with Crippen LogP contribution in [0.3, 0.4) is 0 Å². The van der Waals surface area contributed by atoms with Gasteiger partial charge in [0, 0.05) is 11.3 Å². The summed E-state index contributed by atoms with van der Waals surface area (Å²) in [4.78, 5) is 25.5. The second-order valence-corrected chi connectivity index (χ2v) is 7.54. The highest BCUT2D eigenvalue weighted by Crippen LogP contribution is 2.19. The Morgan fingerprint density at radius 1 is 1.06 bits per heavy atom. The first-order chi connectivity index (χ1) is 15.0. The van der Waals surface area contributed by atoms with Gasteiger partial charge >= 0.3 is 5.97 Å². The van der Waals surface area contributed by atoms with Crippen molar-refractivity contribution in [1.82, 2.24) is 20.2 Å². The van der Waals surface area contributed by atoms with Gasteiger partial charge in [-0.15, -0.1) is 10.2 Å². The number of hydrogen-bond acceptors (Lipinski definition) is 6. The Morgan fingerprint density at radius 3 is 2.42 bits per heavy atom. The zero-order chi connectivity index (χ0) is 22.2. The number of amides is 1. The second kappa shape index (κ2) is 10.5. The Hall–Kier alpha value is -3.55. The number of hydrogen-bond donors (Lipinski definition) is 1. The van der Waals surface area contributed by atoms with E-state index in [4.69, 9.17) is 4.74 Å². The summed E-state index contributed by atoms with van der Waals surface area (Å²) in [5, 5.41) is 15.0. The van der Waals surface area contributed by atoms with Gasteiger partial charge in [-0.25, -0.2) is 4.79 Å². The molecule has 8 nitrogen and oxygen atoms in total. The summed E-state index contributed by atoms with van der Waals surface area (Å²) in [7, 11) is 0. The van der Waals surface area contributed by atoms with E-state index < -0.39 is 0 Å². The van der Waals surface area contributed by atoms with Crippen molar-refractivity contribution < 1.29 is 14.3 Å². The number of carbonyl (C=O) groups is 2. The number of aromatic nitrogens is 4. The molecule has 31 heavy (non-hydrogen) atoms. The lowest BCUT2D eigenvalue weighted by Crippen LogP contribution is -2.20. The molecule has 3 aromatic rings. The minimum atomic E-state index is -0.368. The number of anilines is 1. The van der Waals surface area contributed by atoms with Crippen molar-refractivity contribution in [2.45, 2.75) is 46.1 Å². The maximum Gasteiger partial charge on any atom is 0.338 e. The van der Waals surface area contributed by atoms with E-state index in [1.807, 2.05) is 31.2 Å². The SMILES string of the molecule is CCCCOC(=O)c1ccc(NC(=O)Cn2nnc(-c3ccc(C(C)C)cc3)n2)cc1. The summed E-state index contributed by atoms with van der Waals surface area (Å²) in [5.74, 6) is 0.251. The third-order valence-corrected chi connectivity index (χ3v) is 4.71. The fraction of sp³-hybridized carbons (Fsp3) is 0.348. The average molecular weight is 422 g/mol. The highest BCUT2D eigenvalue weighted by atomic mass is 16.5. The summed E-state index contributed by atoms with van der Waals surface area (Å²) in [6.07, 6.45) is 1.80. The number of nitrogens with zero attached hydrogens (tertiary/aromatic N) is 4. The smallest absolute Gasteiger partial charge is 0.338 e. The standard InChI is InChI=1S/C23H27N5O3/c1-4-5-14-31-23(30)19-10-12-20(13-11-19)24-21(29)15-28-26-22(25-27-28)18-8-6-17(7-9-18)16(2)3/h6-13,16H,4-5,14-15H2,1-3H3,(H,24,29). The third-order valence-electron chi connectivity index (χ3n) is 4.71. The Bertz CT molecular complexity index is 1010. The normalized spacial score (nSPS) is 10.8. The molecule has 2 aromatic carbocycles. The molecular weight excluding hydrogens is 394 g/mol. The summed E-state index contributed by atoms with van der Waals surface area (Å²) < 4.78 is 5.17. The average Bonchev–Trinajstić information content (AvgIpc) is 3.22. The largest absolute Gasteiger partial charge is 0.462 e. The van der Waals surface area contributed by atoms with Gasteiger partial charge in [-0.3, -0.25) is 4.79 Å². The van der Waals surface area contributed by atoms with Crippen molar-refractivity contribution in [3.8, 4) is 11.4 Å². The minimum Gasteiger partial charge on any atom is -0.462 e. The first kappa shape index (κ1) is 22.1. The van der Waals surface area contributed by atoms with Crippen LogP contribution in [0.5, 0.6) is 0 Å². The number of rotatable bonds is 9. The third kappa shape index (κ3) is 6.21. The van der Waals surface area contributed by atoms with E-state index in [0.717, 1.165) is 18.4 Å². The van der Waals surface area contributed by atoms with Crippen molar-refractivity contribution in [3.05, 3.63) is 59.7 Å². The maximum absolute atomic E-state index is 12.3. The molecule has 0 spiro atoms. The monoisotopic (exact) mass is 421 g/mol. The van der Waals surface area contributed by atoms with Crippen molar-refractivity contribution in [2.24, 2.45) is 0 Å². The van der Waals surface area contributed by atoms with Crippen LogP contribution in [0.1, 0.15) is 55.5 Å². The lowest BCUT2D eigenvalue weighted by atomic mass is 10.0.